The maximum absolute atomic E-state index is 13.5. The van der Waals surface area contributed by atoms with Gasteiger partial charge in [0, 0.05) is 23.1 Å². The normalized spacial score (nSPS) is 16.9. The van der Waals surface area contributed by atoms with Crippen molar-refractivity contribution in [3.63, 3.8) is 0 Å². The fourth-order valence-electron chi connectivity index (χ4n) is 4.48. The molecule has 0 spiro atoms. The number of hydrogen-bond donors (Lipinski definition) is 4. The number of hydrogen-bond acceptors (Lipinski definition) is 7. The molecule has 1 fully saturated rings. The monoisotopic (exact) mass is 487 g/mol. The molecule has 1 aliphatic heterocycles. The van der Waals surface area contributed by atoms with Crippen LogP contribution in [-0.2, 0) is 9.84 Å². The van der Waals surface area contributed by atoms with Crippen LogP contribution in [0, 0.1) is 12.8 Å². The number of aryl methyl sites for hydroxylation is 1. The van der Waals surface area contributed by atoms with Gasteiger partial charge >= 0.3 is 0 Å². The molecule has 1 unspecified atom stereocenters. The largest absolute Gasteiger partial charge is 0.497 e. The first-order valence-electron chi connectivity index (χ1n) is 11.6. The predicted octanol–water partition coefficient (Wildman–Crippen LogP) is 2.61. The lowest BCUT2D eigenvalue weighted by Gasteiger charge is -2.31. The highest BCUT2D eigenvalue weighted by Crippen LogP contribution is 2.28. The summed E-state index contributed by atoms with van der Waals surface area (Å²) in [5, 5.41) is 17.2. The van der Waals surface area contributed by atoms with Crippen LogP contribution < -0.4 is 20.1 Å². The smallest absolute Gasteiger partial charge is 0.194 e. The van der Waals surface area contributed by atoms with Gasteiger partial charge in [0.25, 0.3) is 0 Å². The van der Waals surface area contributed by atoms with Crippen molar-refractivity contribution in [1.29, 1.82) is 0 Å². The van der Waals surface area contributed by atoms with Gasteiger partial charge in [-0.15, -0.1) is 0 Å². The Bertz CT molecular complexity index is 1190. The zero-order valence-electron chi connectivity index (χ0n) is 19.6. The minimum atomic E-state index is -3.67. The first kappa shape index (κ1) is 24.5. The molecule has 8 nitrogen and oxygen atoms in total. The molecule has 184 valence electrons. The molecular weight excluding hydrogens is 454 g/mol. The van der Waals surface area contributed by atoms with Crippen molar-refractivity contribution in [2.75, 3.05) is 33.4 Å². The second-order valence-corrected chi connectivity index (χ2v) is 10.8. The third-order valence-electron chi connectivity index (χ3n) is 6.28. The van der Waals surface area contributed by atoms with E-state index in [9.17, 15) is 13.5 Å². The Morgan fingerprint density at radius 1 is 1.15 bits per heavy atom. The van der Waals surface area contributed by atoms with Gasteiger partial charge in [0.2, 0.25) is 0 Å². The van der Waals surface area contributed by atoms with E-state index in [4.69, 9.17) is 9.47 Å². The number of piperidine rings is 1. The van der Waals surface area contributed by atoms with E-state index in [1.807, 2.05) is 31.2 Å². The summed E-state index contributed by atoms with van der Waals surface area (Å²) in [6, 6.07) is 14.2. The maximum Gasteiger partial charge on any atom is 0.194 e. The summed E-state index contributed by atoms with van der Waals surface area (Å²) in [5.74, 6) is 1.23. The summed E-state index contributed by atoms with van der Waals surface area (Å²) in [5.41, 5.74) is 2.00. The highest BCUT2D eigenvalue weighted by molar-refractivity contribution is 7.92. The molecule has 34 heavy (non-hydrogen) atoms. The van der Waals surface area contributed by atoms with Crippen molar-refractivity contribution in [3.8, 4) is 11.5 Å². The minimum absolute atomic E-state index is 0.0534. The van der Waals surface area contributed by atoms with Crippen LogP contribution in [-0.4, -0.2) is 63.3 Å². The summed E-state index contributed by atoms with van der Waals surface area (Å²) in [6.45, 7) is 3.68. The van der Waals surface area contributed by atoms with Crippen LogP contribution in [0.15, 0.2) is 53.4 Å². The topological polar surface area (TPSA) is 113 Å². The first-order chi connectivity index (χ1) is 16.4. The van der Waals surface area contributed by atoms with Crippen molar-refractivity contribution >= 4 is 20.7 Å². The molecule has 1 aromatic heterocycles. The van der Waals surface area contributed by atoms with E-state index < -0.39 is 21.3 Å². The van der Waals surface area contributed by atoms with Gasteiger partial charge < -0.3 is 24.9 Å². The van der Waals surface area contributed by atoms with Crippen molar-refractivity contribution in [1.82, 2.24) is 15.6 Å². The molecule has 2 heterocycles. The lowest BCUT2D eigenvalue weighted by Crippen LogP contribution is -2.49. The Morgan fingerprint density at radius 3 is 2.59 bits per heavy atom. The predicted molar refractivity (Wildman–Crippen MR) is 132 cm³/mol. The molecule has 0 saturated carbocycles. The first-order valence-corrected chi connectivity index (χ1v) is 13.1. The van der Waals surface area contributed by atoms with Gasteiger partial charge in [-0.2, -0.15) is 0 Å². The number of ether oxygens (including phenoxy) is 2. The van der Waals surface area contributed by atoms with E-state index in [-0.39, 0.29) is 24.0 Å². The van der Waals surface area contributed by atoms with Crippen LogP contribution in [0.3, 0.4) is 0 Å². The number of aromatic amines is 1. The van der Waals surface area contributed by atoms with E-state index in [0.717, 1.165) is 42.5 Å². The Labute approximate surface area is 200 Å². The Kier molecular flexibility index (Phi) is 7.77. The van der Waals surface area contributed by atoms with E-state index in [2.05, 4.69) is 15.6 Å². The van der Waals surface area contributed by atoms with E-state index in [0.29, 0.717) is 11.5 Å². The number of fused-ring (bicyclic) bond motifs is 1. The van der Waals surface area contributed by atoms with Crippen molar-refractivity contribution < 1.29 is 23.0 Å². The molecule has 2 aromatic carbocycles. The van der Waals surface area contributed by atoms with Gasteiger partial charge in [-0.3, -0.25) is 5.32 Å². The third-order valence-corrected chi connectivity index (χ3v) is 8.43. The fourth-order valence-corrected chi connectivity index (χ4v) is 6.38. The zero-order valence-corrected chi connectivity index (χ0v) is 20.4. The van der Waals surface area contributed by atoms with Crippen molar-refractivity contribution in [3.05, 3.63) is 54.2 Å². The standard InChI is InChI=1S/C25H33N3O5S/c1-17-14-22-23(28-17)4-3-5-24(22)33-16-19(29)15-27-25(18-10-12-26-13-11-18)34(30,31)21-8-6-20(32-2)7-9-21/h3-9,14,18-19,25-29H,10-13,15-16H2,1-2H3/t19-,25?/m0/s1. The third kappa shape index (κ3) is 5.55. The molecule has 9 heteroatoms. The molecule has 4 rings (SSSR count). The number of sulfone groups is 1. The van der Waals surface area contributed by atoms with Gasteiger partial charge in [0.15, 0.2) is 9.84 Å². The summed E-state index contributed by atoms with van der Waals surface area (Å²) >= 11 is 0. The molecule has 1 aliphatic rings. The Hall–Kier alpha value is -2.59. The second-order valence-electron chi connectivity index (χ2n) is 8.77. The van der Waals surface area contributed by atoms with Gasteiger partial charge in [-0.1, -0.05) is 6.07 Å². The quantitative estimate of drug-likeness (QED) is 0.348. The lowest BCUT2D eigenvalue weighted by atomic mass is 9.98. The lowest BCUT2D eigenvalue weighted by molar-refractivity contribution is 0.104. The number of aliphatic hydroxyl groups is 1. The number of methoxy groups -OCH3 is 1. The fraction of sp³-hybridized carbons (Fsp3) is 0.440. The molecule has 0 bridgehead atoms. The summed E-state index contributed by atoms with van der Waals surface area (Å²) in [4.78, 5) is 3.51. The number of aliphatic hydroxyl groups excluding tert-OH is 1. The number of H-pyrrole nitrogens is 1. The van der Waals surface area contributed by atoms with Crippen LogP contribution in [0.25, 0.3) is 10.9 Å². The molecule has 0 radical (unpaired) electrons. The highest BCUT2D eigenvalue weighted by Gasteiger charge is 2.35. The van der Waals surface area contributed by atoms with Crippen LogP contribution >= 0.6 is 0 Å². The summed E-state index contributed by atoms with van der Waals surface area (Å²) in [7, 11) is -2.12. The average Bonchev–Trinajstić information content (AvgIpc) is 3.24. The van der Waals surface area contributed by atoms with Crippen molar-refractivity contribution in [2.24, 2.45) is 5.92 Å². The van der Waals surface area contributed by atoms with Crippen molar-refractivity contribution in [2.45, 2.75) is 36.1 Å². The van der Waals surface area contributed by atoms with E-state index >= 15 is 0 Å². The van der Waals surface area contributed by atoms with Crippen LogP contribution in [0.4, 0.5) is 0 Å². The Morgan fingerprint density at radius 2 is 1.88 bits per heavy atom. The van der Waals surface area contributed by atoms with E-state index in [1.165, 1.54) is 0 Å². The van der Waals surface area contributed by atoms with Crippen LogP contribution in [0.5, 0.6) is 11.5 Å². The molecular formula is C25H33N3O5S. The number of nitrogens with one attached hydrogen (secondary N) is 3. The van der Waals surface area contributed by atoms with Gasteiger partial charge in [0.1, 0.15) is 29.6 Å². The number of benzene rings is 2. The zero-order chi connectivity index (χ0) is 24.1. The van der Waals surface area contributed by atoms with Gasteiger partial charge in [-0.05, 0) is 81.2 Å². The maximum atomic E-state index is 13.5. The molecule has 3 aromatic rings. The molecule has 1 saturated heterocycles. The molecule has 2 atom stereocenters. The summed E-state index contributed by atoms with van der Waals surface area (Å²) in [6.07, 6.45) is 0.619. The number of aromatic nitrogens is 1. The molecule has 0 amide bonds. The molecule has 4 N–H and O–H groups in total. The highest BCUT2D eigenvalue weighted by atomic mass is 32.2. The SMILES string of the molecule is COc1ccc(S(=O)(=O)C(NC[C@H](O)COc2cccc3[nH]c(C)cc23)C2CCNCC2)cc1. The average molecular weight is 488 g/mol. The second kappa shape index (κ2) is 10.8. The van der Waals surface area contributed by atoms with Gasteiger partial charge in [-0.25, -0.2) is 8.42 Å². The van der Waals surface area contributed by atoms with Gasteiger partial charge in [0.05, 0.1) is 12.0 Å². The van der Waals surface area contributed by atoms with E-state index in [1.54, 1.807) is 31.4 Å². The summed E-state index contributed by atoms with van der Waals surface area (Å²) < 4.78 is 38.1. The minimum Gasteiger partial charge on any atom is -0.497 e. The number of rotatable bonds is 10. The van der Waals surface area contributed by atoms with Crippen LogP contribution in [0.1, 0.15) is 18.5 Å². The Balaban J connectivity index is 1.44. The van der Waals surface area contributed by atoms with Crippen LogP contribution in [0.2, 0.25) is 0 Å². The molecule has 0 aliphatic carbocycles.